The number of aromatic hydroxyl groups is 1. The average Bonchev–Trinajstić information content (AvgIpc) is 2.28. The fraction of sp³-hybridized carbons (Fsp3) is 0.200. The van der Waals surface area contributed by atoms with Gasteiger partial charge in [0.25, 0.3) is 0 Å². The van der Waals surface area contributed by atoms with Crippen LogP contribution in [0.15, 0.2) is 23.3 Å². The molecule has 0 saturated carbocycles. The summed E-state index contributed by atoms with van der Waals surface area (Å²) in [5.41, 5.74) is 8.12. The van der Waals surface area contributed by atoms with E-state index in [2.05, 4.69) is 21.9 Å². The fourth-order valence-electron chi connectivity index (χ4n) is 1.07. The number of benzene rings is 1. The van der Waals surface area contributed by atoms with Crippen molar-refractivity contribution in [3.05, 3.63) is 44.3 Å². The maximum atomic E-state index is 10.4. The quantitative estimate of drug-likeness (QED) is 0.164. The topological polar surface area (TPSA) is 112 Å². The highest BCUT2D eigenvalue weighted by Crippen LogP contribution is 2.25. The Balaban J connectivity index is 2.77. The van der Waals surface area contributed by atoms with Crippen LogP contribution >= 0.6 is 0 Å². The lowest BCUT2D eigenvalue weighted by Gasteiger charge is -1.95. The summed E-state index contributed by atoms with van der Waals surface area (Å²) < 4.78 is 0. The van der Waals surface area contributed by atoms with Crippen LogP contribution in [0.5, 0.6) is 5.75 Å². The Morgan fingerprint density at radius 2 is 2.35 bits per heavy atom. The molecule has 1 aromatic rings. The highest BCUT2D eigenvalue weighted by Gasteiger charge is 2.11. The van der Waals surface area contributed by atoms with Crippen molar-refractivity contribution >= 4 is 5.69 Å². The van der Waals surface area contributed by atoms with Crippen LogP contribution in [0.2, 0.25) is 0 Å². The summed E-state index contributed by atoms with van der Waals surface area (Å²) in [5.74, 6) is 4.99. The van der Waals surface area contributed by atoms with Gasteiger partial charge in [0.05, 0.1) is 4.92 Å². The molecule has 0 atom stereocenters. The summed E-state index contributed by atoms with van der Waals surface area (Å²) >= 11 is 0. The third kappa shape index (κ3) is 3.74. The third-order valence-electron chi connectivity index (χ3n) is 1.80. The van der Waals surface area contributed by atoms with Crippen molar-refractivity contribution in [2.75, 3.05) is 6.54 Å². The maximum Gasteiger partial charge on any atom is 0.310 e. The number of azide groups is 1. The second-order valence-electron chi connectivity index (χ2n) is 2.97. The zero-order chi connectivity index (χ0) is 12.7. The van der Waals surface area contributed by atoms with Crippen molar-refractivity contribution in [1.82, 2.24) is 0 Å². The van der Waals surface area contributed by atoms with E-state index < -0.39 is 10.7 Å². The number of rotatable bonds is 3. The molecule has 86 valence electrons. The maximum absolute atomic E-state index is 10.4. The van der Waals surface area contributed by atoms with Gasteiger partial charge in [0.1, 0.15) is 0 Å². The predicted octanol–water partition coefficient (Wildman–Crippen LogP) is 2.35. The predicted molar refractivity (Wildman–Crippen MR) is 60.3 cm³/mol. The van der Waals surface area contributed by atoms with Crippen molar-refractivity contribution in [1.29, 1.82) is 0 Å². The average molecular weight is 232 g/mol. The fourth-order valence-corrected chi connectivity index (χ4v) is 1.07. The van der Waals surface area contributed by atoms with Gasteiger partial charge >= 0.3 is 5.69 Å². The molecule has 0 unspecified atom stereocenters. The molecule has 0 fully saturated rings. The lowest BCUT2D eigenvalue weighted by molar-refractivity contribution is -0.385. The highest BCUT2D eigenvalue weighted by molar-refractivity contribution is 5.51. The van der Waals surface area contributed by atoms with Crippen LogP contribution in [0.3, 0.4) is 0 Å². The largest absolute Gasteiger partial charge is 0.502 e. The molecular formula is C10H8N4O3. The molecule has 0 spiro atoms. The molecule has 0 aliphatic heterocycles. The van der Waals surface area contributed by atoms with Crippen LogP contribution in [-0.2, 0) is 0 Å². The summed E-state index contributed by atoms with van der Waals surface area (Å²) in [7, 11) is 0. The molecule has 0 aliphatic carbocycles. The molecule has 0 aliphatic rings. The monoisotopic (exact) mass is 232 g/mol. The van der Waals surface area contributed by atoms with Gasteiger partial charge in [-0.3, -0.25) is 10.1 Å². The van der Waals surface area contributed by atoms with E-state index in [1.807, 2.05) is 0 Å². The van der Waals surface area contributed by atoms with E-state index in [1.165, 1.54) is 18.2 Å². The van der Waals surface area contributed by atoms with E-state index in [9.17, 15) is 15.2 Å². The molecule has 1 N–H and O–H groups in total. The van der Waals surface area contributed by atoms with Gasteiger partial charge < -0.3 is 5.11 Å². The van der Waals surface area contributed by atoms with Crippen LogP contribution in [0.25, 0.3) is 10.4 Å². The summed E-state index contributed by atoms with van der Waals surface area (Å²) in [6, 6.07) is 3.85. The Labute approximate surface area is 96.5 Å². The molecule has 17 heavy (non-hydrogen) atoms. The highest BCUT2D eigenvalue weighted by atomic mass is 16.6. The molecule has 1 aromatic carbocycles. The lowest BCUT2D eigenvalue weighted by atomic mass is 10.2. The van der Waals surface area contributed by atoms with Crippen molar-refractivity contribution < 1.29 is 10.0 Å². The number of nitro groups is 1. The number of hydrogen-bond donors (Lipinski definition) is 1. The standard InChI is InChI=1S/C10H8N4O3/c11-13-12-6-2-1-3-8-4-5-9(14(16)17)10(15)7-8/h4-5,7,15H,2,6H2. The lowest BCUT2D eigenvalue weighted by Crippen LogP contribution is -1.88. The molecule has 1 rings (SSSR count). The van der Waals surface area contributed by atoms with Crippen molar-refractivity contribution in [2.24, 2.45) is 5.11 Å². The molecule has 0 bridgehead atoms. The van der Waals surface area contributed by atoms with Gasteiger partial charge in [0.2, 0.25) is 0 Å². The second kappa shape index (κ2) is 6.00. The SMILES string of the molecule is [N-]=[N+]=NCCC#Cc1ccc([N+](=O)[O-])c(O)c1. The van der Waals surface area contributed by atoms with E-state index in [0.29, 0.717) is 12.0 Å². The van der Waals surface area contributed by atoms with Crippen molar-refractivity contribution in [3.63, 3.8) is 0 Å². The molecule has 7 heteroatoms. The molecule has 0 heterocycles. The first-order chi connectivity index (χ1) is 8.15. The van der Waals surface area contributed by atoms with Crippen LogP contribution in [-0.4, -0.2) is 16.6 Å². The number of nitrogens with zero attached hydrogens (tertiary/aromatic N) is 4. The Morgan fingerprint density at radius 3 is 2.94 bits per heavy atom. The summed E-state index contributed by atoms with van der Waals surface area (Å²) in [6.45, 7) is 0.266. The zero-order valence-electron chi connectivity index (χ0n) is 8.70. The Morgan fingerprint density at radius 1 is 1.59 bits per heavy atom. The molecule has 0 amide bonds. The minimum absolute atomic E-state index is 0.266. The first-order valence-corrected chi connectivity index (χ1v) is 4.62. The Hall–Kier alpha value is -2.71. The van der Waals surface area contributed by atoms with Crippen LogP contribution < -0.4 is 0 Å². The van der Waals surface area contributed by atoms with E-state index >= 15 is 0 Å². The van der Waals surface area contributed by atoms with E-state index in [4.69, 9.17) is 5.53 Å². The van der Waals surface area contributed by atoms with Gasteiger partial charge in [0, 0.05) is 35.6 Å². The smallest absolute Gasteiger partial charge is 0.310 e. The van der Waals surface area contributed by atoms with Gasteiger partial charge in [-0.25, -0.2) is 0 Å². The van der Waals surface area contributed by atoms with Crippen molar-refractivity contribution in [3.8, 4) is 17.6 Å². The molecule has 0 aromatic heterocycles. The van der Waals surface area contributed by atoms with E-state index in [-0.39, 0.29) is 12.2 Å². The van der Waals surface area contributed by atoms with Crippen LogP contribution in [0.4, 0.5) is 5.69 Å². The van der Waals surface area contributed by atoms with Crippen LogP contribution in [0.1, 0.15) is 12.0 Å². The van der Waals surface area contributed by atoms with Gasteiger partial charge in [-0.2, -0.15) is 0 Å². The number of phenolic OH excluding ortho intramolecular Hbond substituents is 1. The number of nitro benzene ring substituents is 1. The minimum Gasteiger partial charge on any atom is -0.502 e. The molecular weight excluding hydrogens is 224 g/mol. The summed E-state index contributed by atoms with van der Waals surface area (Å²) in [5, 5.41) is 23.1. The van der Waals surface area contributed by atoms with E-state index in [1.54, 1.807) is 0 Å². The van der Waals surface area contributed by atoms with E-state index in [0.717, 1.165) is 0 Å². The normalized spacial score (nSPS) is 8.71. The van der Waals surface area contributed by atoms with Gasteiger partial charge in [-0.15, -0.1) is 0 Å². The van der Waals surface area contributed by atoms with Gasteiger partial charge in [-0.05, 0) is 11.6 Å². The van der Waals surface area contributed by atoms with Crippen LogP contribution in [0, 0.1) is 22.0 Å². The Kier molecular flexibility index (Phi) is 4.36. The number of phenols is 1. The zero-order valence-corrected chi connectivity index (χ0v) is 8.70. The molecule has 0 saturated heterocycles. The number of hydrogen-bond acceptors (Lipinski definition) is 4. The summed E-state index contributed by atoms with van der Waals surface area (Å²) in [6.07, 6.45) is 0.391. The Bertz CT molecular complexity index is 538. The first kappa shape index (κ1) is 12.4. The second-order valence-corrected chi connectivity index (χ2v) is 2.97. The van der Waals surface area contributed by atoms with Gasteiger partial charge in [-0.1, -0.05) is 17.0 Å². The van der Waals surface area contributed by atoms with Gasteiger partial charge in [0.15, 0.2) is 5.75 Å². The first-order valence-electron chi connectivity index (χ1n) is 4.62. The molecule has 0 radical (unpaired) electrons. The molecule has 7 nitrogen and oxygen atoms in total. The summed E-state index contributed by atoms with van der Waals surface area (Å²) in [4.78, 5) is 12.3. The van der Waals surface area contributed by atoms with Crippen molar-refractivity contribution in [2.45, 2.75) is 6.42 Å². The minimum atomic E-state index is -0.672. The third-order valence-corrected chi connectivity index (χ3v) is 1.80.